The maximum absolute atomic E-state index is 12.4. The molecule has 132 valence electrons. The summed E-state index contributed by atoms with van der Waals surface area (Å²) in [6.45, 7) is 0.301. The van der Waals surface area contributed by atoms with Crippen molar-refractivity contribution >= 4 is 12.0 Å². The number of urea groups is 1. The van der Waals surface area contributed by atoms with Gasteiger partial charge < -0.3 is 20.4 Å². The molecule has 1 aliphatic rings. The van der Waals surface area contributed by atoms with Crippen LogP contribution in [0.1, 0.15) is 37.7 Å². The van der Waals surface area contributed by atoms with Gasteiger partial charge in [0.05, 0.1) is 12.1 Å². The zero-order chi connectivity index (χ0) is 17.6. The molecular weight excluding hydrogens is 308 g/mol. The number of carbonyl (C=O) groups is 2. The number of nitrogens with zero attached hydrogens (tertiary/aromatic N) is 1. The number of hydrogen-bond donors (Lipinski definition) is 3. The van der Waals surface area contributed by atoms with Crippen LogP contribution in [0.3, 0.4) is 0 Å². The zero-order valence-electron chi connectivity index (χ0n) is 14.1. The number of nitrogens with one attached hydrogen (secondary N) is 1. The predicted octanol–water partition coefficient (Wildman–Crippen LogP) is 2.02. The number of amides is 2. The summed E-state index contributed by atoms with van der Waals surface area (Å²) in [6, 6.07) is 9.15. The highest BCUT2D eigenvalue weighted by molar-refractivity contribution is 5.74. The average Bonchev–Trinajstić information content (AvgIpc) is 2.51. The van der Waals surface area contributed by atoms with Gasteiger partial charge in [-0.15, -0.1) is 0 Å². The predicted molar refractivity (Wildman–Crippen MR) is 90.8 cm³/mol. The van der Waals surface area contributed by atoms with Crippen LogP contribution in [0.25, 0.3) is 0 Å². The van der Waals surface area contributed by atoms with Gasteiger partial charge in [0, 0.05) is 19.5 Å². The van der Waals surface area contributed by atoms with Gasteiger partial charge >= 0.3 is 12.0 Å². The Morgan fingerprint density at radius 2 is 1.96 bits per heavy atom. The molecule has 2 amide bonds. The van der Waals surface area contributed by atoms with Crippen molar-refractivity contribution in [2.75, 3.05) is 13.6 Å². The average molecular weight is 334 g/mol. The highest BCUT2D eigenvalue weighted by atomic mass is 16.4. The summed E-state index contributed by atoms with van der Waals surface area (Å²) in [5.74, 6) is -0.876. The highest BCUT2D eigenvalue weighted by Gasteiger charge is 2.36. The number of aliphatic hydroxyl groups is 1. The minimum absolute atomic E-state index is 0.00539. The number of aliphatic carboxylic acids is 1. The second-order valence-corrected chi connectivity index (χ2v) is 6.70. The van der Waals surface area contributed by atoms with E-state index in [0.29, 0.717) is 19.4 Å². The minimum Gasteiger partial charge on any atom is -0.481 e. The fourth-order valence-electron chi connectivity index (χ4n) is 2.96. The van der Waals surface area contributed by atoms with E-state index in [0.717, 1.165) is 24.8 Å². The molecular formula is C18H26N2O4. The van der Waals surface area contributed by atoms with E-state index < -0.39 is 11.6 Å². The van der Waals surface area contributed by atoms with E-state index in [1.807, 2.05) is 30.3 Å². The van der Waals surface area contributed by atoms with E-state index in [4.69, 9.17) is 5.11 Å². The van der Waals surface area contributed by atoms with E-state index in [-0.39, 0.29) is 18.5 Å². The molecule has 2 rings (SSSR count). The maximum Gasteiger partial charge on any atom is 0.317 e. The van der Waals surface area contributed by atoms with Crippen LogP contribution < -0.4 is 5.32 Å². The molecule has 1 aliphatic carbocycles. The lowest BCUT2D eigenvalue weighted by Crippen LogP contribution is -2.52. The van der Waals surface area contributed by atoms with E-state index in [2.05, 4.69) is 5.32 Å². The molecule has 6 nitrogen and oxygen atoms in total. The molecule has 1 atom stereocenters. The number of hydrogen-bond acceptors (Lipinski definition) is 3. The Morgan fingerprint density at radius 1 is 1.29 bits per heavy atom. The largest absolute Gasteiger partial charge is 0.481 e. The Labute approximate surface area is 142 Å². The lowest BCUT2D eigenvalue weighted by atomic mass is 9.80. The summed E-state index contributed by atoms with van der Waals surface area (Å²) in [6.07, 6.45) is 3.38. The van der Waals surface area contributed by atoms with Crippen LogP contribution in [0.4, 0.5) is 4.79 Å². The first-order valence-electron chi connectivity index (χ1n) is 8.38. The number of likely N-dealkylation sites (N-methyl/N-ethyl adjacent to an activating group) is 1. The lowest BCUT2D eigenvalue weighted by Gasteiger charge is -2.39. The SMILES string of the molecule is CN(CC1(O)CCC1)C(=O)NC(CCC(=O)O)Cc1ccccc1. The van der Waals surface area contributed by atoms with Gasteiger partial charge in [-0.3, -0.25) is 4.79 Å². The van der Waals surface area contributed by atoms with Crippen LogP contribution >= 0.6 is 0 Å². The standard InChI is InChI=1S/C18H26N2O4/c1-20(13-18(24)10-5-11-18)17(23)19-15(8-9-16(21)22)12-14-6-3-2-4-7-14/h2-4,6-7,15,24H,5,8-13H2,1H3,(H,19,23)(H,21,22). The Hall–Kier alpha value is -2.08. The molecule has 0 aliphatic heterocycles. The minimum atomic E-state index is -0.876. The van der Waals surface area contributed by atoms with Gasteiger partial charge in [0.1, 0.15) is 0 Å². The number of carboxylic acids is 1. The third-order valence-electron chi connectivity index (χ3n) is 4.52. The number of rotatable bonds is 8. The summed E-state index contributed by atoms with van der Waals surface area (Å²) in [5, 5.41) is 22.0. The van der Waals surface area contributed by atoms with Gasteiger partial charge in [0.2, 0.25) is 0 Å². The lowest BCUT2D eigenvalue weighted by molar-refractivity contribution is -0.137. The van der Waals surface area contributed by atoms with Gasteiger partial charge in [-0.25, -0.2) is 4.79 Å². The molecule has 0 bridgehead atoms. The van der Waals surface area contributed by atoms with Crippen LogP contribution in [0, 0.1) is 0 Å². The van der Waals surface area contributed by atoms with Crippen molar-refractivity contribution in [3.63, 3.8) is 0 Å². The number of carbonyl (C=O) groups excluding carboxylic acids is 1. The zero-order valence-corrected chi connectivity index (χ0v) is 14.1. The molecule has 1 saturated carbocycles. The van der Waals surface area contributed by atoms with Crippen molar-refractivity contribution in [2.24, 2.45) is 0 Å². The van der Waals surface area contributed by atoms with Gasteiger partial charge in [-0.2, -0.15) is 0 Å². The fourth-order valence-corrected chi connectivity index (χ4v) is 2.96. The molecule has 1 aromatic carbocycles. The summed E-state index contributed by atoms with van der Waals surface area (Å²) in [7, 11) is 1.66. The summed E-state index contributed by atoms with van der Waals surface area (Å²) < 4.78 is 0. The second kappa shape index (κ2) is 8.15. The third-order valence-corrected chi connectivity index (χ3v) is 4.52. The topological polar surface area (TPSA) is 89.9 Å². The molecule has 0 heterocycles. The Bertz CT molecular complexity index is 557. The van der Waals surface area contributed by atoms with Crippen LogP contribution in [-0.4, -0.2) is 52.3 Å². The molecule has 3 N–H and O–H groups in total. The third kappa shape index (κ3) is 5.53. The second-order valence-electron chi connectivity index (χ2n) is 6.70. The van der Waals surface area contributed by atoms with Gasteiger partial charge in [0.25, 0.3) is 0 Å². The summed E-state index contributed by atoms with van der Waals surface area (Å²) in [4.78, 5) is 24.7. The first kappa shape index (κ1) is 18.3. The van der Waals surface area contributed by atoms with Gasteiger partial charge in [-0.05, 0) is 37.7 Å². The van der Waals surface area contributed by atoms with Crippen molar-refractivity contribution in [2.45, 2.75) is 50.2 Å². The first-order chi connectivity index (χ1) is 11.4. The molecule has 1 aromatic rings. The summed E-state index contributed by atoms with van der Waals surface area (Å²) in [5.41, 5.74) is 0.288. The quantitative estimate of drug-likeness (QED) is 0.678. The van der Waals surface area contributed by atoms with E-state index in [1.54, 1.807) is 7.05 Å². The van der Waals surface area contributed by atoms with E-state index in [1.165, 1.54) is 4.90 Å². The number of carboxylic acid groups (broad SMARTS) is 1. The van der Waals surface area contributed by atoms with Gasteiger partial charge in [-0.1, -0.05) is 30.3 Å². The molecule has 0 spiro atoms. The van der Waals surface area contributed by atoms with Crippen molar-refractivity contribution in [1.82, 2.24) is 10.2 Å². The van der Waals surface area contributed by atoms with Crippen LogP contribution in [0.5, 0.6) is 0 Å². The molecule has 0 radical (unpaired) electrons. The van der Waals surface area contributed by atoms with Crippen molar-refractivity contribution in [3.05, 3.63) is 35.9 Å². The monoisotopic (exact) mass is 334 g/mol. The Balaban J connectivity index is 1.92. The first-order valence-corrected chi connectivity index (χ1v) is 8.38. The molecule has 1 unspecified atom stereocenters. The Morgan fingerprint density at radius 3 is 2.50 bits per heavy atom. The van der Waals surface area contributed by atoms with E-state index >= 15 is 0 Å². The fraction of sp³-hybridized carbons (Fsp3) is 0.556. The number of benzene rings is 1. The van der Waals surface area contributed by atoms with Crippen LogP contribution in [-0.2, 0) is 11.2 Å². The van der Waals surface area contributed by atoms with Crippen molar-refractivity contribution < 1.29 is 19.8 Å². The molecule has 1 fully saturated rings. The van der Waals surface area contributed by atoms with Crippen LogP contribution in [0.15, 0.2) is 30.3 Å². The highest BCUT2D eigenvalue weighted by Crippen LogP contribution is 2.31. The smallest absolute Gasteiger partial charge is 0.317 e. The van der Waals surface area contributed by atoms with Crippen molar-refractivity contribution in [3.8, 4) is 0 Å². The van der Waals surface area contributed by atoms with Gasteiger partial charge in [0.15, 0.2) is 0 Å². The molecule has 6 heteroatoms. The Kier molecular flexibility index (Phi) is 6.20. The van der Waals surface area contributed by atoms with E-state index in [9.17, 15) is 14.7 Å². The summed E-state index contributed by atoms with van der Waals surface area (Å²) >= 11 is 0. The molecule has 0 aromatic heterocycles. The van der Waals surface area contributed by atoms with Crippen LogP contribution in [0.2, 0.25) is 0 Å². The normalized spacial score (nSPS) is 16.8. The molecule has 24 heavy (non-hydrogen) atoms. The maximum atomic E-state index is 12.4. The molecule has 0 saturated heterocycles. The van der Waals surface area contributed by atoms with Crippen molar-refractivity contribution in [1.29, 1.82) is 0 Å².